The highest BCUT2D eigenvalue weighted by molar-refractivity contribution is 7.89. The molecule has 0 amide bonds. The van der Waals surface area contributed by atoms with E-state index in [1.54, 1.807) is 30.7 Å². The molecule has 24 heavy (non-hydrogen) atoms. The van der Waals surface area contributed by atoms with Crippen molar-refractivity contribution in [3.05, 3.63) is 34.6 Å². The van der Waals surface area contributed by atoms with Crippen LogP contribution in [0, 0.1) is 13.8 Å². The predicted octanol–water partition coefficient (Wildman–Crippen LogP) is 1.33. The van der Waals surface area contributed by atoms with Gasteiger partial charge in [0.2, 0.25) is 15.0 Å². The van der Waals surface area contributed by atoms with Crippen LogP contribution in [0.1, 0.15) is 16.1 Å². The van der Waals surface area contributed by atoms with E-state index in [0.29, 0.717) is 22.7 Å². The van der Waals surface area contributed by atoms with Gasteiger partial charge in [-0.2, -0.15) is 9.61 Å². The summed E-state index contributed by atoms with van der Waals surface area (Å²) in [6.07, 6.45) is 2.00. The lowest BCUT2D eigenvalue weighted by Crippen LogP contribution is -2.26. The van der Waals surface area contributed by atoms with E-state index in [1.165, 1.54) is 17.7 Å². The quantitative estimate of drug-likeness (QED) is 0.706. The van der Waals surface area contributed by atoms with Crippen molar-refractivity contribution in [2.24, 2.45) is 0 Å². The fourth-order valence-electron chi connectivity index (χ4n) is 2.34. The van der Waals surface area contributed by atoms with Crippen LogP contribution >= 0.6 is 11.3 Å². The van der Waals surface area contributed by atoms with E-state index in [2.05, 4.69) is 20.0 Å². The van der Waals surface area contributed by atoms with Crippen molar-refractivity contribution in [3.8, 4) is 5.75 Å². The molecule has 8 nitrogen and oxygen atoms in total. The van der Waals surface area contributed by atoms with Crippen LogP contribution in [-0.2, 0) is 16.4 Å². The molecule has 0 spiro atoms. The van der Waals surface area contributed by atoms with Gasteiger partial charge in [-0.25, -0.2) is 13.1 Å². The Bertz CT molecular complexity index is 949. The van der Waals surface area contributed by atoms with Crippen LogP contribution in [0.25, 0.3) is 4.96 Å². The molecule has 0 bridgehead atoms. The zero-order valence-corrected chi connectivity index (χ0v) is 15.1. The minimum absolute atomic E-state index is 0.261. The molecular formula is C14H17N5O3S2. The third kappa shape index (κ3) is 3.25. The molecule has 0 unspecified atom stereocenters. The summed E-state index contributed by atoms with van der Waals surface area (Å²) in [5.74, 6) is 0.672. The van der Waals surface area contributed by atoms with Gasteiger partial charge in [0, 0.05) is 13.0 Å². The summed E-state index contributed by atoms with van der Waals surface area (Å²) in [7, 11) is -2.02. The van der Waals surface area contributed by atoms with Crippen LogP contribution in [0.4, 0.5) is 0 Å². The SMILES string of the molecule is COc1cc(C)c(S(=O)(=O)NCCc2nn3cnnc3s2)cc1C. The maximum Gasteiger partial charge on any atom is 0.240 e. The Balaban J connectivity index is 1.71. The largest absolute Gasteiger partial charge is 0.496 e. The molecular weight excluding hydrogens is 350 g/mol. The second kappa shape index (κ2) is 6.46. The summed E-state index contributed by atoms with van der Waals surface area (Å²) in [6.45, 7) is 3.83. The first-order chi connectivity index (χ1) is 11.4. The number of methoxy groups -OCH3 is 1. The summed E-state index contributed by atoms with van der Waals surface area (Å²) >= 11 is 1.39. The highest BCUT2D eigenvalue weighted by Gasteiger charge is 2.18. The topological polar surface area (TPSA) is 98.5 Å². The van der Waals surface area contributed by atoms with Gasteiger partial charge in [0.05, 0.1) is 12.0 Å². The zero-order valence-electron chi connectivity index (χ0n) is 13.5. The number of fused-ring (bicyclic) bond motifs is 1. The molecule has 2 heterocycles. The van der Waals surface area contributed by atoms with E-state index in [1.807, 2.05) is 6.92 Å². The fraction of sp³-hybridized carbons (Fsp3) is 0.357. The number of nitrogens with zero attached hydrogens (tertiary/aromatic N) is 4. The standard InChI is InChI=1S/C14H17N5O3S2/c1-9-7-12(10(2)6-11(9)22-3)24(20,21)16-5-4-13-18-19-8-15-17-14(19)23-13/h6-8,16H,4-5H2,1-3H3. The Morgan fingerprint density at radius 3 is 2.79 bits per heavy atom. The van der Waals surface area contributed by atoms with Crippen LogP contribution in [0.15, 0.2) is 23.4 Å². The number of hydrogen-bond donors (Lipinski definition) is 1. The van der Waals surface area contributed by atoms with E-state index < -0.39 is 10.0 Å². The molecule has 10 heteroatoms. The van der Waals surface area contributed by atoms with E-state index >= 15 is 0 Å². The molecule has 2 aromatic heterocycles. The van der Waals surface area contributed by atoms with Gasteiger partial charge in [0.1, 0.15) is 17.1 Å². The molecule has 0 fully saturated rings. The molecule has 0 saturated carbocycles. The molecule has 3 rings (SSSR count). The summed E-state index contributed by atoms with van der Waals surface area (Å²) in [5, 5.41) is 12.7. The van der Waals surface area contributed by atoms with Crippen LogP contribution in [-0.4, -0.2) is 41.9 Å². The van der Waals surface area contributed by atoms with Crippen LogP contribution in [0.3, 0.4) is 0 Å². The smallest absolute Gasteiger partial charge is 0.240 e. The molecule has 1 N–H and O–H groups in total. The molecule has 128 valence electrons. The van der Waals surface area contributed by atoms with Crippen LogP contribution in [0.2, 0.25) is 0 Å². The van der Waals surface area contributed by atoms with E-state index in [-0.39, 0.29) is 11.4 Å². The molecule has 0 aliphatic heterocycles. The Labute approximate surface area is 143 Å². The maximum atomic E-state index is 12.5. The Morgan fingerprint density at radius 1 is 1.29 bits per heavy atom. The number of aromatic nitrogens is 4. The first-order valence-corrected chi connectivity index (χ1v) is 9.51. The number of hydrogen-bond acceptors (Lipinski definition) is 7. The monoisotopic (exact) mass is 367 g/mol. The number of sulfonamides is 1. The average Bonchev–Trinajstić information content (AvgIpc) is 3.10. The van der Waals surface area contributed by atoms with E-state index in [0.717, 1.165) is 10.6 Å². The molecule has 0 atom stereocenters. The Hall–Kier alpha value is -2.04. The van der Waals surface area contributed by atoms with Crippen molar-refractivity contribution in [2.75, 3.05) is 13.7 Å². The third-order valence-corrected chi connectivity index (χ3v) is 6.12. The molecule has 0 aliphatic carbocycles. The van der Waals surface area contributed by atoms with E-state index in [4.69, 9.17) is 4.74 Å². The van der Waals surface area contributed by atoms with Gasteiger partial charge in [-0.3, -0.25) is 0 Å². The van der Waals surface area contributed by atoms with Gasteiger partial charge in [0.15, 0.2) is 0 Å². The minimum atomic E-state index is -3.59. The molecule has 3 aromatic rings. The Morgan fingerprint density at radius 2 is 2.08 bits per heavy atom. The second-order valence-electron chi connectivity index (χ2n) is 5.29. The number of benzene rings is 1. The first-order valence-electron chi connectivity index (χ1n) is 7.21. The van der Waals surface area contributed by atoms with Crippen LogP contribution < -0.4 is 9.46 Å². The van der Waals surface area contributed by atoms with Crippen molar-refractivity contribution >= 4 is 26.3 Å². The zero-order chi connectivity index (χ0) is 17.3. The second-order valence-corrected chi connectivity index (χ2v) is 8.06. The van der Waals surface area contributed by atoms with Gasteiger partial charge in [-0.05, 0) is 37.1 Å². The lowest BCUT2D eigenvalue weighted by atomic mass is 10.1. The fourth-order valence-corrected chi connectivity index (χ4v) is 4.50. The minimum Gasteiger partial charge on any atom is -0.496 e. The van der Waals surface area contributed by atoms with Gasteiger partial charge in [0.25, 0.3) is 0 Å². The van der Waals surface area contributed by atoms with Gasteiger partial charge in [-0.1, -0.05) is 11.3 Å². The summed E-state index contributed by atoms with van der Waals surface area (Å²) in [4.78, 5) is 0.952. The predicted molar refractivity (Wildman–Crippen MR) is 90.0 cm³/mol. The number of aryl methyl sites for hydroxylation is 2. The molecule has 1 aromatic carbocycles. The summed E-state index contributed by atoms with van der Waals surface area (Å²) < 4.78 is 34.5. The third-order valence-electron chi connectivity index (χ3n) is 3.54. The highest BCUT2D eigenvalue weighted by atomic mass is 32.2. The van der Waals surface area contributed by atoms with Crippen molar-refractivity contribution in [3.63, 3.8) is 0 Å². The molecule has 0 saturated heterocycles. The lowest BCUT2D eigenvalue weighted by Gasteiger charge is -2.12. The van der Waals surface area contributed by atoms with Gasteiger partial charge < -0.3 is 4.74 Å². The average molecular weight is 367 g/mol. The number of ether oxygens (including phenoxy) is 1. The van der Waals surface area contributed by atoms with Gasteiger partial charge >= 0.3 is 0 Å². The van der Waals surface area contributed by atoms with Crippen LogP contribution in [0.5, 0.6) is 5.75 Å². The van der Waals surface area contributed by atoms with Crippen molar-refractivity contribution < 1.29 is 13.2 Å². The van der Waals surface area contributed by atoms with Crippen molar-refractivity contribution in [2.45, 2.75) is 25.2 Å². The number of nitrogens with one attached hydrogen (secondary N) is 1. The highest BCUT2D eigenvalue weighted by Crippen LogP contribution is 2.25. The van der Waals surface area contributed by atoms with Crippen molar-refractivity contribution in [1.82, 2.24) is 24.5 Å². The van der Waals surface area contributed by atoms with Crippen molar-refractivity contribution in [1.29, 1.82) is 0 Å². The maximum absolute atomic E-state index is 12.5. The Kier molecular flexibility index (Phi) is 4.52. The molecule has 0 aliphatic rings. The van der Waals surface area contributed by atoms with E-state index in [9.17, 15) is 8.42 Å². The summed E-state index contributed by atoms with van der Waals surface area (Å²) in [5.41, 5.74) is 1.42. The van der Waals surface area contributed by atoms with Gasteiger partial charge in [-0.15, -0.1) is 10.2 Å². The first kappa shape index (κ1) is 16.8. The normalized spacial score (nSPS) is 12.0. The molecule has 0 radical (unpaired) electrons. The number of rotatable bonds is 6. The summed E-state index contributed by atoms with van der Waals surface area (Å²) in [6, 6.07) is 3.35. The lowest BCUT2D eigenvalue weighted by molar-refractivity contribution is 0.411.